The molecule has 6 heterocycles. The van der Waals surface area contributed by atoms with Crippen LogP contribution in [-0.4, -0.2) is 42.0 Å². The fourth-order valence-corrected chi connectivity index (χ4v) is 20.5. The van der Waals surface area contributed by atoms with Crippen molar-refractivity contribution < 1.29 is 8.83 Å². The number of fused-ring (bicyclic) bond motifs is 14. The Morgan fingerprint density at radius 3 is 0.772 bits per heavy atom. The van der Waals surface area contributed by atoms with Gasteiger partial charge in [-0.1, -0.05) is 419 Å². The molecule has 4 unspecified atom stereocenters. The van der Waals surface area contributed by atoms with Gasteiger partial charge in [0.1, 0.15) is 22.7 Å². The summed E-state index contributed by atoms with van der Waals surface area (Å²) >= 11 is 0. The number of nitrogens with zero attached hydrogens (tertiary/aromatic N) is 8. The molecule has 0 radical (unpaired) electrons. The quantitative estimate of drug-likeness (QED) is 0.0927. The Morgan fingerprint density at radius 1 is 0.191 bits per heavy atom. The van der Waals surface area contributed by atoms with Gasteiger partial charge < -0.3 is 18.6 Å². The van der Waals surface area contributed by atoms with E-state index in [4.69, 9.17) is 38.7 Å². The van der Waals surface area contributed by atoms with Crippen molar-refractivity contribution in [2.75, 3.05) is 9.80 Å². The molecule has 22 aromatic rings. The van der Waals surface area contributed by atoms with Crippen LogP contribution in [0.5, 0.6) is 0 Å². The molecule has 640 valence electrons. The van der Waals surface area contributed by atoms with Gasteiger partial charge >= 0.3 is 0 Å². The Hall–Kier alpha value is -17.9. The van der Waals surface area contributed by atoms with Gasteiger partial charge in [-0.25, -0.2) is 29.9 Å². The molecule has 0 fully saturated rings. The highest BCUT2D eigenvalue weighted by Gasteiger charge is 2.46. The molecule has 0 saturated carbocycles. The minimum Gasteiger partial charge on any atom is -0.456 e. The van der Waals surface area contributed by atoms with Crippen LogP contribution >= 0.6 is 0 Å². The van der Waals surface area contributed by atoms with Crippen LogP contribution in [0.25, 0.3) is 191 Å². The molecule has 4 atom stereocenters. The fraction of sp³-hybridized carbons (Fsp3) is 0.0317. The summed E-state index contributed by atoms with van der Waals surface area (Å²) in [5.41, 5.74) is 35.1. The first-order valence-electron chi connectivity index (χ1n) is 46.3. The molecule has 0 spiro atoms. The van der Waals surface area contributed by atoms with E-state index in [0.29, 0.717) is 34.9 Å². The molecular weight excluding hydrogens is 1660 g/mol. The lowest BCUT2D eigenvalue weighted by molar-refractivity contribution is 0.584. The Bertz CT molecular complexity index is 8220. The average molecular weight is 1740 g/mol. The van der Waals surface area contributed by atoms with E-state index in [1.807, 2.05) is 24.3 Å². The number of benzene rings is 18. The van der Waals surface area contributed by atoms with Crippen LogP contribution in [0.1, 0.15) is 45.6 Å². The van der Waals surface area contributed by atoms with Gasteiger partial charge in [0.2, 0.25) is 0 Å². The number of rotatable bonds is 16. The van der Waals surface area contributed by atoms with E-state index in [1.165, 1.54) is 78.1 Å². The van der Waals surface area contributed by atoms with Crippen LogP contribution in [-0.2, 0) is 0 Å². The Morgan fingerprint density at radius 2 is 0.434 bits per heavy atom. The topological polar surface area (TPSA) is 110 Å². The van der Waals surface area contributed by atoms with E-state index in [0.717, 1.165) is 123 Å². The van der Waals surface area contributed by atoms with E-state index >= 15 is 0 Å². The van der Waals surface area contributed by atoms with Gasteiger partial charge in [0.05, 0.1) is 23.2 Å². The summed E-state index contributed by atoms with van der Waals surface area (Å²) < 4.78 is 14.0. The molecular formula is C126H84N8O2. The van der Waals surface area contributed by atoms with E-state index in [-0.39, 0.29) is 23.9 Å². The van der Waals surface area contributed by atoms with Gasteiger partial charge in [-0.15, -0.1) is 0 Å². The van der Waals surface area contributed by atoms with Crippen molar-refractivity contribution in [3.8, 4) is 157 Å². The third-order valence-corrected chi connectivity index (χ3v) is 27.0. The molecule has 4 aliphatic rings. The standard InChI is InChI=1S/2C63H42N4O/c1-4-15-41(16-5-1)44-29-31-46(32-30-44)49-22-13-24-51(40-49)67-55-28-11-10-25-52(55)58-56(67)37-38-57-59(58)53-26-14-27-54(60(53)68-57)63-65-61(47-35-33-45(34-36-47)42-17-6-2-7-18-42)64-62(66-63)50-23-12-21-48(39-50)43-19-8-3-9-20-43;1-4-14-41(15-5-1)44-26-28-47(29-27-44)50-20-12-21-51(40-50)67-55-25-11-10-22-52(55)58-56(67)38-39-57-59(58)53-23-13-24-54(60(53)68-57)63-65-61(48-34-30-45(31-35-48)42-16-6-2-7-17-42)64-62(66-63)49-36-32-46(33-37-49)43-18-8-3-9-19-43/h2*1-40,56,58H. The zero-order valence-electron chi connectivity index (χ0n) is 73.9. The lowest BCUT2D eigenvalue weighted by Crippen LogP contribution is -2.30. The molecule has 4 aromatic heterocycles. The monoisotopic (exact) mass is 1740 g/mol. The van der Waals surface area contributed by atoms with Crippen molar-refractivity contribution in [2.24, 2.45) is 0 Å². The summed E-state index contributed by atoms with van der Waals surface area (Å²) in [7, 11) is 0. The summed E-state index contributed by atoms with van der Waals surface area (Å²) in [4.78, 5) is 36.2. The second kappa shape index (κ2) is 34.5. The number of furan rings is 2. The zero-order chi connectivity index (χ0) is 89.9. The third kappa shape index (κ3) is 14.8. The first-order chi connectivity index (χ1) is 67.4. The molecule has 18 aromatic carbocycles. The van der Waals surface area contributed by atoms with Crippen molar-refractivity contribution in [1.82, 2.24) is 29.9 Å². The molecule has 0 saturated heterocycles. The molecule has 2 aliphatic heterocycles. The first kappa shape index (κ1) is 80.2. The lowest BCUT2D eigenvalue weighted by atomic mass is 9.82. The zero-order valence-corrected chi connectivity index (χ0v) is 73.9. The van der Waals surface area contributed by atoms with Crippen molar-refractivity contribution in [3.63, 3.8) is 0 Å². The molecule has 10 nitrogen and oxygen atoms in total. The highest BCUT2D eigenvalue weighted by Crippen LogP contribution is 2.57. The van der Waals surface area contributed by atoms with Crippen LogP contribution in [0, 0.1) is 0 Å². The number of aromatic nitrogens is 6. The van der Waals surface area contributed by atoms with Crippen LogP contribution in [0.2, 0.25) is 0 Å². The molecule has 26 rings (SSSR count). The minimum absolute atomic E-state index is 0.0323. The predicted octanol–water partition coefficient (Wildman–Crippen LogP) is 31.9. The predicted molar refractivity (Wildman–Crippen MR) is 555 cm³/mol. The Labute approximate surface area is 788 Å². The number of hydrogen-bond acceptors (Lipinski definition) is 10. The Balaban J connectivity index is 0.000000145. The van der Waals surface area contributed by atoms with Crippen molar-refractivity contribution in [1.29, 1.82) is 0 Å². The Kier molecular flexibility index (Phi) is 20.3. The number of para-hydroxylation sites is 4. The smallest absolute Gasteiger partial charge is 0.167 e. The van der Waals surface area contributed by atoms with Gasteiger partial charge in [0, 0.05) is 78.7 Å². The van der Waals surface area contributed by atoms with Crippen molar-refractivity contribution in [2.45, 2.75) is 23.9 Å². The highest BCUT2D eigenvalue weighted by molar-refractivity contribution is 6.00. The molecule has 2 aliphatic carbocycles. The molecule has 10 heteroatoms. The minimum atomic E-state index is 0.0323. The third-order valence-electron chi connectivity index (χ3n) is 27.0. The van der Waals surface area contributed by atoms with Gasteiger partial charge in [-0.2, -0.15) is 0 Å². The van der Waals surface area contributed by atoms with Crippen molar-refractivity contribution in [3.05, 3.63) is 507 Å². The van der Waals surface area contributed by atoms with E-state index in [2.05, 4.69) is 471 Å². The molecule has 0 amide bonds. The fourth-order valence-electron chi connectivity index (χ4n) is 20.5. The van der Waals surface area contributed by atoms with Crippen LogP contribution in [0.3, 0.4) is 0 Å². The average Bonchev–Trinajstić information content (AvgIpc) is 1.56. The second-order valence-corrected chi connectivity index (χ2v) is 35.0. The maximum Gasteiger partial charge on any atom is 0.167 e. The van der Waals surface area contributed by atoms with Crippen LogP contribution < -0.4 is 9.80 Å². The van der Waals surface area contributed by atoms with E-state index in [9.17, 15) is 0 Å². The SMILES string of the molecule is C1=CC2C(c3ccccc3N2c2cccc(-c3ccc(-c4ccccc4)cc3)c2)c2c1oc1c(-c3nc(-c4ccc(-c5ccccc5)cc4)nc(-c4ccc(-c5ccccc5)cc4)n3)cccc21.C1=CC2C(c3ccccc3N2c2cccc(-c3ccc(-c4ccccc4)cc3)c2)c2c1oc1c(-c3nc(-c4ccc(-c5ccccc5)cc4)nc(-c4cccc(-c5ccccc5)c4)n3)cccc21. The summed E-state index contributed by atoms with van der Waals surface area (Å²) in [6.07, 6.45) is 8.96. The second-order valence-electron chi connectivity index (χ2n) is 35.0. The molecule has 136 heavy (non-hydrogen) atoms. The molecule has 0 bridgehead atoms. The number of hydrogen-bond donors (Lipinski definition) is 0. The first-order valence-corrected chi connectivity index (χ1v) is 46.3. The maximum absolute atomic E-state index is 6.99. The largest absolute Gasteiger partial charge is 0.456 e. The maximum atomic E-state index is 6.99. The lowest BCUT2D eigenvalue weighted by Gasteiger charge is -2.30. The van der Waals surface area contributed by atoms with Gasteiger partial charge in [-0.3, -0.25) is 0 Å². The summed E-state index contributed by atoms with van der Waals surface area (Å²) in [6, 6.07) is 163. The summed E-state index contributed by atoms with van der Waals surface area (Å²) in [5, 5.41) is 2.12. The highest BCUT2D eigenvalue weighted by atomic mass is 16.3. The van der Waals surface area contributed by atoms with Crippen molar-refractivity contribution >= 4 is 56.8 Å². The van der Waals surface area contributed by atoms with Gasteiger partial charge in [-0.05, 0) is 167 Å². The molecule has 0 N–H and O–H groups in total. The van der Waals surface area contributed by atoms with Crippen LogP contribution in [0.4, 0.5) is 22.7 Å². The summed E-state index contributed by atoms with van der Waals surface area (Å²) in [5.74, 6) is 5.29. The number of anilines is 4. The van der Waals surface area contributed by atoms with Gasteiger partial charge in [0.25, 0.3) is 0 Å². The summed E-state index contributed by atoms with van der Waals surface area (Å²) in [6.45, 7) is 0. The van der Waals surface area contributed by atoms with Crippen LogP contribution in [0.15, 0.2) is 482 Å². The normalized spacial score (nSPS) is 14.7. The van der Waals surface area contributed by atoms with Gasteiger partial charge in [0.15, 0.2) is 34.9 Å². The van der Waals surface area contributed by atoms with E-state index in [1.54, 1.807) is 0 Å². The van der Waals surface area contributed by atoms with E-state index < -0.39 is 0 Å².